The summed E-state index contributed by atoms with van der Waals surface area (Å²) in [5.74, 6) is 2.43. The van der Waals surface area contributed by atoms with Gasteiger partial charge in [0.1, 0.15) is 45.3 Å². The maximum atomic E-state index is 7.00. The van der Waals surface area contributed by atoms with Crippen molar-refractivity contribution in [2.24, 2.45) is 0 Å². The van der Waals surface area contributed by atoms with Gasteiger partial charge >= 0.3 is 16.5 Å². The molecule has 8 aromatic rings. The quantitative estimate of drug-likeness (QED) is 0.158. The smallest absolute Gasteiger partial charge is 0.453 e. The molecule has 0 aliphatic carbocycles. The minimum absolute atomic E-state index is 0.353. The summed E-state index contributed by atoms with van der Waals surface area (Å²) >= 11 is 0. The van der Waals surface area contributed by atoms with Crippen molar-refractivity contribution in [3.63, 3.8) is 0 Å². The Labute approximate surface area is 327 Å². The average molecular weight is 787 g/mol. The molecule has 0 atom stereocenters. The van der Waals surface area contributed by atoms with E-state index in [9.17, 15) is 0 Å². The molecule has 0 amide bonds. The fourth-order valence-corrected chi connectivity index (χ4v) is 9.00. The molecule has 0 N–H and O–H groups in total. The van der Waals surface area contributed by atoms with Crippen molar-refractivity contribution in [2.75, 3.05) is 14.2 Å². The lowest BCUT2D eigenvalue weighted by atomic mass is 9.82. The zero-order valence-corrected chi connectivity index (χ0v) is 34.5. The predicted octanol–water partition coefficient (Wildman–Crippen LogP) is 14.9. The fourth-order valence-electron chi connectivity index (χ4n) is 6.84. The number of methoxy groups -OCH3 is 2. The van der Waals surface area contributed by atoms with E-state index < -0.39 is 16.5 Å². The van der Waals surface area contributed by atoms with Gasteiger partial charge in [0, 0.05) is 43.8 Å². The Morgan fingerprint density at radius 2 is 0.857 bits per heavy atom. The Hall–Kier alpha value is -5.68. The zero-order chi connectivity index (χ0) is 39.2. The van der Waals surface area contributed by atoms with Gasteiger partial charge in [-0.05, 0) is 59.4 Å². The lowest BCUT2D eigenvalue weighted by molar-refractivity contribution is 0.407. The fraction of sp³-hybridized carbons (Fsp3) is 0.217. The molecule has 286 valence electrons. The molecule has 0 unspecified atom stereocenters. The molecule has 0 spiro atoms. The topological polar surface area (TPSA) is 89.5 Å². The van der Waals surface area contributed by atoms with Crippen LogP contribution in [0, 0.1) is 0 Å². The number of hydrogen-bond acceptors (Lipinski definition) is 8. The second-order valence-electron chi connectivity index (χ2n) is 15.6. The summed E-state index contributed by atoms with van der Waals surface area (Å²) in [4.78, 5) is 0. The van der Waals surface area contributed by atoms with E-state index in [1.165, 1.54) is 0 Å². The molecule has 0 aliphatic rings. The monoisotopic (exact) mass is 786 g/mol. The van der Waals surface area contributed by atoms with E-state index in [1.54, 1.807) is 14.2 Å². The molecular weight excluding hydrogens is 742 g/mol. The van der Waals surface area contributed by atoms with Gasteiger partial charge in [-0.25, -0.2) is 0 Å². The maximum absolute atomic E-state index is 7.00. The van der Waals surface area contributed by atoms with Crippen LogP contribution in [0.2, 0.25) is 0 Å². The van der Waals surface area contributed by atoms with Gasteiger partial charge in [-0.3, -0.25) is 0 Å². The van der Waals surface area contributed by atoms with Crippen LogP contribution in [0.15, 0.2) is 138 Å². The zero-order valence-electron chi connectivity index (χ0n) is 32.7. The normalized spacial score (nSPS) is 11.9. The van der Waals surface area contributed by atoms with Crippen molar-refractivity contribution in [1.29, 1.82) is 0 Å². The van der Waals surface area contributed by atoms with Crippen LogP contribution in [0.25, 0.3) is 55.0 Å². The van der Waals surface area contributed by atoms with Crippen LogP contribution in [-0.2, 0) is 10.8 Å². The van der Waals surface area contributed by atoms with E-state index in [0.717, 1.165) is 32.7 Å². The van der Waals surface area contributed by atoms with Crippen molar-refractivity contribution in [3.8, 4) is 34.1 Å². The summed E-state index contributed by atoms with van der Waals surface area (Å²) in [6, 6.07) is 39.6. The largest absolute Gasteiger partial charge is 0.497 e. The standard InChI is InChI=1S/C46H44O8P2/c1-45(2,3)36-28-42(48-8)34(27-43(36)53-55-49-38-21-13-9-17-30(38)31-18-10-14-22-39(31)50-55)35-25-29(47-7)26-37(46(4,5)6)44(35)54-56-51-40-23-15-11-19-32(40)33-20-12-16-24-41(33)52-56/h9-28H,1-8H3. The first-order chi connectivity index (χ1) is 26.9. The second-order valence-corrected chi connectivity index (χ2v) is 17.6. The van der Waals surface area contributed by atoms with Crippen LogP contribution in [0.4, 0.5) is 0 Å². The Morgan fingerprint density at radius 3 is 1.27 bits per heavy atom. The first-order valence-corrected chi connectivity index (χ1v) is 20.6. The lowest BCUT2D eigenvalue weighted by Gasteiger charge is -2.27. The third-order valence-electron chi connectivity index (χ3n) is 9.66. The molecule has 56 heavy (non-hydrogen) atoms. The molecule has 2 aromatic heterocycles. The number of hydrogen-bond donors (Lipinski definition) is 0. The van der Waals surface area contributed by atoms with E-state index in [0.29, 0.717) is 56.5 Å². The summed E-state index contributed by atoms with van der Waals surface area (Å²) in [5.41, 5.74) is 5.20. The van der Waals surface area contributed by atoms with Crippen LogP contribution in [0.5, 0.6) is 23.0 Å². The highest BCUT2D eigenvalue weighted by Crippen LogP contribution is 2.52. The molecule has 6 aromatic carbocycles. The predicted molar refractivity (Wildman–Crippen MR) is 227 cm³/mol. The molecule has 8 rings (SSSR count). The first kappa shape index (κ1) is 37.3. The van der Waals surface area contributed by atoms with Crippen LogP contribution in [0.1, 0.15) is 52.7 Å². The van der Waals surface area contributed by atoms with Gasteiger partial charge in [0.25, 0.3) is 0 Å². The van der Waals surface area contributed by atoms with Gasteiger partial charge in [0.2, 0.25) is 0 Å². The van der Waals surface area contributed by atoms with E-state index in [2.05, 4.69) is 41.5 Å². The minimum atomic E-state index is -1.99. The first-order valence-electron chi connectivity index (χ1n) is 18.4. The minimum Gasteiger partial charge on any atom is -0.497 e. The Morgan fingerprint density at radius 1 is 0.429 bits per heavy atom. The molecule has 0 saturated heterocycles. The van der Waals surface area contributed by atoms with Gasteiger partial charge in [-0.2, -0.15) is 0 Å². The molecule has 0 bridgehead atoms. The molecular formula is C46H44O8P2. The summed E-state index contributed by atoms with van der Waals surface area (Å²) < 4.78 is 52.2. The molecule has 2 heterocycles. The highest BCUT2D eigenvalue weighted by Gasteiger charge is 2.30. The Balaban J connectivity index is 1.38. The van der Waals surface area contributed by atoms with Crippen molar-refractivity contribution >= 4 is 60.4 Å². The highest BCUT2D eigenvalue weighted by molar-refractivity contribution is 7.32. The van der Waals surface area contributed by atoms with Crippen molar-refractivity contribution in [2.45, 2.75) is 52.4 Å². The Kier molecular flexibility index (Phi) is 9.82. The van der Waals surface area contributed by atoms with E-state index in [-0.39, 0.29) is 10.8 Å². The van der Waals surface area contributed by atoms with Crippen LogP contribution >= 0.6 is 16.5 Å². The highest BCUT2D eigenvalue weighted by atomic mass is 31.1. The van der Waals surface area contributed by atoms with Crippen LogP contribution < -0.4 is 18.5 Å². The molecule has 8 nitrogen and oxygen atoms in total. The van der Waals surface area contributed by atoms with Gasteiger partial charge in [0.15, 0.2) is 0 Å². The van der Waals surface area contributed by atoms with Gasteiger partial charge in [-0.1, -0.05) is 114 Å². The number of para-hydroxylation sites is 4. The molecule has 0 radical (unpaired) electrons. The third-order valence-corrected chi connectivity index (χ3v) is 11.7. The third kappa shape index (κ3) is 7.23. The average Bonchev–Trinajstić information content (AvgIpc) is 3.44. The summed E-state index contributed by atoms with van der Waals surface area (Å²) in [6.07, 6.45) is 0. The Bertz CT molecular complexity index is 2710. The van der Waals surface area contributed by atoms with Crippen LogP contribution in [-0.4, -0.2) is 14.2 Å². The van der Waals surface area contributed by atoms with Crippen LogP contribution in [0.3, 0.4) is 0 Å². The van der Waals surface area contributed by atoms with E-state index in [1.807, 2.05) is 121 Å². The SMILES string of the molecule is COc1cc(-c2cc(Op3oc4ccccc4c4ccccc4o3)c(C(C)(C)C)cc2OC)c(Op2oc3ccccc3c3ccccc3o2)c(C(C)(C)C)c1. The van der Waals surface area contributed by atoms with Crippen molar-refractivity contribution in [1.82, 2.24) is 0 Å². The van der Waals surface area contributed by atoms with Gasteiger partial charge in [0.05, 0.1) is 14.2 Å². The molecule has 0 saturated carbocycles. The van der Waals surface area contributed by atoms with Gasteiger partial charge in [-0.15, -0.1) is 0 Å². The summed E-state index contributed by atoms with van der Waals surface area (Å²) in [5, 5.41) is 3.73. The second kappa shape index (κ2) is 14.8. The van der Waals surface area contributed by atoms with Crippen molar-refractivity contribution < 1.29 is 35.3 Å². The molecule has 10 heteroatoms. The summed E-state index contributed by atoms with van der Waals surface area (Å²) in [6.45, 7) is 12.8. The molecule has 0 fully saturated rings. The lowest BCUT2D eigenvalue weighted by Crippen LogP contribution is -2.14. The molecule has 0 aliphatic heterocycles. The summed E-state index contributed by atoms with van der Waals surface area (Å²) in [7, 11) is -0.611. The van der Waals surface area contributed by atoms with Gasteiger partial charge < -0.3 is 35.3 Å². The number of fused-ring (bicyclic) bond motifs is 6. The number of benzene rings is 6. The van der Waals surface area contributed by atoms with E-state index in [4.69, 9.17) is 35.3 Å². The number of ether oxygens (including phenoxy) is 2. The maximum Gasteiger partial charge on any atom is 0.453 e. The van der Waals surface area contributed by atoms with E-state index >= 15 is 0 Å². The van der Waals surface area contributed by atoms with Crippen molar-refractivity contribution in [3.05, 3.63) is 132 Å². The number of rotatable bonds is 7.